The summed E-state index contributed by atoms with van der Waals surface area (Å²) in [6.07, 6.45) is 1.48. The first kappa shape index (κ1) is 6.61. The van der Waals surface area contributed by atoms with E-state index in [4.69, 9.17) is 11.0 Å². The molecule has 0 atom stereocenters. The van der Waals surface area contributed by atoms with Crippen LogP contribution in [0.2, 0.25) is 0 Å². The molecule has 58 valence electrons. The van der Waals surface area contributed by atoms with Crippen molar-refractivity contribution >= 4 is 11.5 Å². The minimum Gasteiger partial charge on any atom is -0.384 e. The quantitative estimate of drug-likeness (QED) is 0.594. The van der Waals surface area contributed by atoms with E-state index < -0.39 is 0 Å². The van der Waals surface area contributed by atoms with Crippen molar-refractivity contribution in [1.82, 2.24) is 14.6 Å². The minimum atomic E-state index is 0.375. The molecule has 0 aliphatic heterocycles. The highest BCUT2D eigenvalue weighted by Gasteiger charge is 2.03. The van der Waals surface area contributed by atoms with Gasteiger partial charge in [0.05, 0.1) is 5.56 Å². The monoisotopic (exact) mass is 159 g/mol. The molecule has 2 aromatic rings. The highest BCUT2D eigenvalue weighted by molar-refractivity contribution is 5.56. The van der Waals surface area contributed by atoms with Gasteiger partial charge < -0.3 is 5.73 Å². The standard InChI is InChI=1S/C7H5N5/c8-3-5-1-2-6-11-10-4-12(6)7(5)9/h1-2,4H,9H2. The van der Waals surface area contributed by atoms with Gasteiger partial charge >= 0.3 is 0 Å². The Morgan fingerprint density at radius 3 is 3.08 bits per heavy atom. The zero-order valence-electron chi connectivity index (χ0n) is 6.10. The Hall–Kier alpha value is -2.09. The van der Waals surface area contributed by atoms with Gasteiger partial charge in [0.25, 0.3) is 0 Å². The number of hydrogen-bond donors (Lipinski definition) is 1. The third kappa shape index (κ3) is 0.720. The fourth-order valence-corrected chi connectivity index (χ4v) is 1.01. The Morgan fingerprint density at radius 2 is 2.33 bits per heavy atom. The molecule has 0 aliphatic carbocycles. The normalized spacial score (nSPS) is 9.92. The van der Waals surface area contributed by atoms with Gasteiger partial charge in [0.1, 0.15) is 18.2 Å². The maximum absolute atomic E-state index is 8.63. The van der Waals surface area contributed by atoms with Gasteiger partial charge in [-0.1, -0.05) is 0 Å². The summed E-state index contributed by atoms with van der Waals surface area (Å²) in [5.41, 5.74) is 6.71. The second-order valence-electron chi connectivity index (χ2n) is 2.30. The summed E-state index contributed by atoms with van der Waals surface area (Å²) < 4.78 is 1.57. The number of nitrogens with two attached hydrogens (primary N) is 1. The molecule has 2 rings (SSSR count). The average molecular weight is 159 g/mol. The number of pyridine rings is 1. The Labute approximate surface area is 68.1 Å². The molecule has 2 heterocycles. The van der Waals surface area contributed by atoms with Crippen molar-refractivity contribution in [2.45, 2.75) is 0 Å². The van der Waals surface area contributed by atoms with Gasteiger partial charge in [-0.3, -0.25) is 4.40 Å². The van der Waals surface area contributed by atoms with Crippen LogP contribution in [-0.2, 0) is 0 Å². The van der Waals surface area contributed by atoms with Crippen molar-refractivity contribution in [2.24, 2.45) is 0 Å². The Bertz CT molecular complexity index is 464. The summed E-state index contributed by atoms with van der Waals surface area (Å²) in [5.74, 6) is 0.375. The second kappa shape index (κ2) is 2.20. The van der Waals surface area contributed by atoms with Crippen LogP contribution in [0.3, 0.4) is 0 Å². The molecule has 0 fully saturated rings. The van der Waals surface area contributed by atoms with Gasteiger partial charge in [-0.25, -0.2) is 0 Å². The number of hydrogen-bond acceptors (Lipinski definition) is 4. The van der Waals surface area contributed by atoms with Crippen LogP contribution in [0.15, 0.2) is 18.5 Å². The second-order valence-corrected chi connectivity index (χ2v) is 2.30. The minimum absolute atomic E-state index is 0.375. The molecule has 12 heavy (non-hydrogen) atoms. The Balaban J connectivity index is 2.89. The third-order valence-electron chi connectivity index (χ3n) is 1.63. The molecule has 0 bridgehead atoms. The van der Waals surface area contributed by atoms with Crippen molar-refractivity contribution in [3.8, 4) is 6.07 Å². The average Bonchev–Trinajstić information content (AvgIpc) is 2.53. The number of nitriles is 1. The first-order valence-corrected chi connectivity index (χ1v) is 3.31. The summed E-state index contributed by atoms with van der Waals surface area (Å²) in [6, 6.07) is 5.30. The van der Waals surface area contributed by atoms with Crippen LogP contribution in [-0.4, -0.2) is 14.6 Å². The molecule has 0 aliphatic rings. The number of fused-ring (bicyclic) bond motifs is 1. The summed E-state index contributed by atoms with van der Waals surface area (Å²) >= 11 is 0. The van der Waals surface area contributed by atoms with Crippen molar-refractivity contribution in [3.05, 3.63) is 24.0 Å². The maximum atomic E-state index is 8.63. The lowest BCUT2D eigenvalue weighted by molar-refractivity contribution is 1.10. The highest BCUT2D eigenvalue weighted by atomic mass is 15.2. The smallest absolute Gasteiger partial charge is 0.162 e. The Kier molecular flexibility index (Phi) is 1.21. The molecule has 0 saturated heterocycles. The number of nitrogen functional groups attached to an aromatic ring is 1. The molecular weight excluding hydrogens is 154 g/mol. The summed E-state index contributed by atoms with van der Waals surface area (Å²) in [4.78, 5) is 0. The molecule has 0 radical (unpaired) electrons. The van der Waals surface area contributed by atoms with Gasteiger partial charge in [-0.15, -0.1) is 10.2 Å². The first-order valence-electron chi connectivity index (χ1n) is 3.31. The van der Waals surface area contributed by atoms with E-state index in [9.17, 15) is 0 Å². The van der Waals surface area contributed by atoms with Crippen LogP contribution < -0.4 is 5.73 Å². The zero-order chi connectivity index (χ0) is 8.55. The third-order valence-corrected chi connectivity index (χ3v) is 1.63. The van der Waals surface area contributed by atoms with Gasteiger partial charge in [0.2, 0.25) is 0 Å². The van der Waals surface area contributed by atoms with E-state index in [0.717, 1.165) is 0 Å². The topological polar surface area (TPSA) is 80.0 Å². The van der Waals surface area contributed by atoms with E-state index in [2.05, 4.69) is 10.2 Å². The summed E-state index contributed by atoms with van der Waals surface area (Å²) in [6.45, 7) is 0. The van der Waals surface area contributed by atoms with Crippen LogP contribution >= 0.6 is 0 Å². The molecular formula is C7H5N5. The molecule has 0 aromatic carbocycles. The number of anilines is 1. The number of nitrogens with zero attached hydrogens (tertiary/aromatic N) is 4. The predicted molar refractivity (Wildman–Crippen MR) is 42.1 cm³/mol. The molecule has 2 aromatic heterocycles. The molecule has 0 spiro atoms. The largest absolute Gasteiger partial charge is 0.384 e. The maximum Gasteiger partial charge on any atom is 0.162 e. The fraction of sp³-hybridized carbons (Fsp3) is 0. The molecule has 5 nitrogen and oxygen atoms in total. The van der Waals surface area contributed by atoms with Gasteiger partial charge in [-0.05, 0) is 12.1 Å². The first-order chi connectivity index (χ1) is 5.83. The molecule has 5 heteroatoms. The van der Waals surface area contributed by atoms with E-state index in [1.54, 1.807) is 16.5 Å². The molecule has 0 amide bonds. The lowest BCUT2D eigenvalue weighted by atomic mass is 10.3. The summed E-state index contributed by atoms with van der Waals surface area (Å²) in [7, 11) is 0. The SMILES string of the molecule is N#Cc1ccc2nncn2c1N. The van der Waals surface area contributed by atoms with Crippen LogP contribution in [0, 0.1) is 11.3 Å². The van der Waals surface area contributed by atoms with Crippen LogP contribution in [0.25, 0.3) is 5.65 Å². The van der Waals surface area contributed by atoms with Gasteiger partial charge in [0.15, 0.2) is 5.65 Å². The van der Waals surface area contributed by atoms with Crippen molar-refractivity contribution in [1.29, 1.82) is 5.26 Å². The van der Waals surface area contributed by atoms with E-state index in [-0.39, 0.29) is 0 Å². The van der Waals surface area contributed by atoms with Crippen LogP contribution in [0.1, 0.15) is 5.56 Å². The zero-order valence-corrected chi connectivity index (χ0v) is 6.10. The van der Waals surface area contributed by atoms with Crippen molar-refractivity contribution in [3.63, 3.8) is 0 Å². The summed E-state index contributed by atoms with van der Waals surface area (Å²) in [5, 5.41) is 16.1. The van der Waals surface area contributed by atoms with Crippen molar-refractivity contribution < 1.29 is 0 Å². The van der Waals surface area contributed by atoms with E-state index >= 15 is 0 Å². The number of aromatic nitrogens is 3. The predicted octanol–water partition coefficient (Wildman–Crippen LogP) is 0.183. The van der Waals surface area contributed by atoms with Crippen LogP contribution in [0.5, 0.6) is 0 Å². The van der Waals surface area contributed by atoms with Crippen molar-refractivity contribution in [2.75, 3.05) is 5.73 Å². The number of rotatable bonds is 0. The Morgan fingerprint density at radius 1 is 1.50 bits per heavy atom. The molecule has 0 saturated carbocycles. The molecule has 2 N–H and O–H groups in total. The van der Waals surface area contributed by atoms with Gasteiger partial charge in [0, 0.05) is 0 Å². The van der Waals surface area contributed by atoms with E-state index in [0.29, 0.717) is 17.0 Å². The lowest BCUT2D eigenvalue weighted by Crippen LogP contribution is -1.98. The van der Waals surface area contributed by atoms with E-state index in [1.807, 2.05) is 6.07 Å². The fourth-order valence-electron chi connectivity index (χ4n) is 1.01. The lowest BCUT2D eigenvalue weighted by Gasteiger charge is -1.98. The molecule has 0 unspecified atom stereocenters. The van der Waals surface area contributed by atoms with Crippen LogP contribution in [0.4, 0.5) is 5.82 Å². The highest BCUT2D eigenvalue weighted by Crippen LogP contribution is 2.11. The van der Waals surface area contributed by atoms with E-state index in [1.165, 1.54) is 6.33 Å². The van der Waals surface area contributed by atoms with Gasteiger partial charge in [-0.2, -0.15) is 5.26 Å².